The first-order valence-corrected chi connectivity index (χ1v) is 10.5. The fraction of sp³-hybridized carbons (Fsp3) is 0.533. The average molecular weight is 436 g/mol. The molecule has 2 aromatic rings. The number of aliphatic hydroxyl groups excluding tert-OH is 4. The molecule has 1 aromatic carbocycles. The Balaban J connectivity index is 1.69. The Hall–Kier alpha value is -1.42. The molecule has 1 unspecified atom stereocenters. The van der Waals surface area contributed by atoms with E-state index in [9.17, 15) is 28.8 Å². The maximum Gasteiger partial charge on any atom is 0.265 e. The molecule has 1 aromatic heterocycles. The number of ether oxygens (including phenoxy) is 3. The van der Waals surface area contributed by atoms with Crippen molar-refractivity contribution in [1.82, 2.24) is 4.98 Å². The number of hydrogen-bond donors (Lipinski definition) is 5. The predicted molar refractivity (Wildman–Crippen MR) is 95.9 cm³/mol. The van der Waals surface area contributed by atoms with Gasteiger partial charge in [-0.25, -0.2) is 18.5 Å². The van der Waals surface area contributed by atoms with Gasteiger partial charge >= 0.3 is 0 Å². The summed E-state index contributed by atoms with van der Waals surface area (Å²) in [6.07, 6.45) is -7.99. The summed E-state index contributed by atoms with van der Waals surface area (Å²) >= 11 is 0.887. The van der Waals surface area contributed by atoms with E-state index < -0.39 is 53.6 Å². The van der Waals surface area contributed by atoms with Crippen molar-refractivity contribution in [2.75, 3.05) is 6.61 Å². The number of fused-ring (bicyclic) bond motifs is 1. The van der Waals surface area contributed by atoms with E-state index in [1.165, 1.54) is 6.92 Å². The highest BCUT2D eigenvalue weighted by atomic mass is 32.2. The van der Waals surface area contributed by atoms with Gasteiger partial charge in [-0.1, -0.05) is 0 Å². The van der Waals surface area contributed by atoms with Crippen LogP contribution >= 0.6 is 11.3 Å². The van der Waals surface area contributed by atoms with Crippen molar-refractivity contribution >= 4 is 31.6 Å². The highest BCUT2D eigenvalue weighted by Crippen LogP contribution is 2.29. The summed E-state index contributed by atoms with van der Waals surface area (Å²) in [6, 6.07) is 4.65. The van der Waals surface area contributed by atoms with E-state index >= 15 is 0 Å². The normalized spacial score (nSPS) is 29.7. The molecule has 28 heavy (non-hydrogen) atoms. The minimum absolute atomic E-state index is 0.217. The van der Waals surface area contributed by atoms with Crippen LogP contribution in [0.2, 0.25) is 0 Å². The van der Waals surface area contributed by atoms with Crippen molar-refractivity contribution in [2.24, 2.45) is 5.14 Å². The third-order valence-corrected chi connectivity index (χ3v) is 6.40. The van der Waals surface area contributed by atoms with Crippen LogP contribution in [0.5, 0.6) is 5.75 Å². The number of nitrogens with zero attached hydrogens (tertiary/aromatic N) is 1. The zero-order chi connectivity index (χ0) is 20.6. The second-order valence-corrected chi connectivity index (χ2v) is 8.94. The molecule has 1 fully saturated rings. The Morgan fingerprint density at radius 1 is 1.29 bits per heavy atom. The molecule has 11 nitrogen and oxygen atoms in total. The third-order valence-electron chi connectivity index (χ3n) is 4.06. The SMILES string of the molecule is CC(Oc1ccc2nc(S(N)(=O)=O)sc2c1)O[C@@H]1O[C@H](CO)[C@@H](O)[C@H](O)[C@H]1O. The lowest BCUT2D eigenvalue weighted by Crippen LogP contribution is -2.59. The Labute approximate surface area is 164 Å². The van der Waals surface area contributed by atoms with Crippen LogP contribution in [-0.4, -0.2) is 77.4 Å². The minimum Gasteiger partial charge on any atom is -0.465 e. The lowest BCUT2D eigenvalue weighted by molar-refractivity contribution is -0.325. The van der Waals surface area contributed by atoms with Gasteiger partial charge in [0.2, 0.25) is 4.34 Å². The van der Waals surface area contributed by atoms with E-state index in [-0.39, 0.29) is 4.34 Å². The molecule has 13 heteroatoms. The summed E-state index contributed by atoms with van der Waals surface area (Å²) in [5, 5.41) is 43.8. The van der Waals surface area contributed by atoms with Gasteiger partial charge in [-0.05, 0) is 25.1 Å². The lowest BCUT2D eigenvalue weighted by Gasteiger charge is -2.40. The number of rotatable bonds is 6. The van der Waals surface area contributed by atoms with Gasteiger partial charge in [-0.2, -0.15) is 0 Å². The average Bonchev–Trinajstić information content (AvgIpc) is 3.06. The highest BCUT2D eigenvalue weighted by molar-refractivity contribution is 7.91. The number of benzene rings is 1. The van der Waals surface area contributed by atoms with Crippen molar-refractivity contribution in [2.45, 2.75) is 48.3 Å². The van der Waals surface area contributed by atoms with Crippen molar-refractivity contribution in [3.8, 4) is 5.75 Å². The molecular weight excluding hydrogens is 416 g/mol. The molecule has 0 spiro atoms. The zero-order valence-corrected chi connectivity index (χ0v) is 16.2. The van der Waals surface area contributed by atoms with E-state index in [4.69, 9.17) is 19.3 Å². The summed E-state index contributed by atoms with van der Waals surface area (Å²) in [7, 11) is -3.91. The number of nitrogens with two attached hydrogens (primary N) is 1. The van der Waals surface area contributed by atoms with Crippen LogP contribution in [0.4, 0.5) is 0 Å². The van der Waals surface area contributed by atoms with Gasteiger partial charge in [0, 0.05) is 0 Å². The monoisotopic (exact) mass is 436 g/mol. The maximum absolute atomic E-state index is 11.4. The van der Waals surface area contributed by atoms with Gasteiger partial charge in [0.1, 0.15) is 30.2 Å². The quantitative estimate of drug-likeness (QED) is 0.334. The van der Waals surface area contributed by atoms with Gasteiger partial charge in [0.25, 0.3) is 10.0 Å². The number of sulfonamides is 1. The molecule has 0 amide bonds. The number of thiazole rings is 1. The number of aromatic nitrogens is 1. The molecule has 3 rings (SSSR count). The standard InChI is InChI=1S/C15H20N2O9S2/c1-6(25-14-13(21)12(20)11(19)9(5-18)26-14)24-7-2-3-8-10(4-7)27-15(17-8)28(16,22)23/h2-4,6,9,11-14,18-21H,5H2,1H3,(H2,16,22,23)/t6?,9-,11-,12+,13-,14-/m1/s1. The van der Waals surface area contributed by atoms with Crippen molar-refractivity contribution in [1.29, 1.82) is 0 Å². The van der Waals surface area contributed by atoms with Crippen LogP contribution in [0.3, 0.4) is 0 Å². The molecule has 156 valence electrons. The highest BCUT2D eigenvalue weighted by Gasteiger charge is 2.44. The molecule has 6 atom stereocenters. The summed E-state index contributed by atoms with van der Waals surface area (Å²) in [5.41, 5.74) is 0.434. The topological polar surface area (TPSA) is 182 Å². The Morgan fingerprint density at radius 3 is 2.64 bits per heavy atom. The molecule has 1 saturated heterocycles. The Bertz CT molecular complexity index is 933. The van der Waals surface area contributed by atoms with E-state index in [1.807, 2.05) is 0 Å². The Morgan fingerprint density at radius 2 is 2.00 bits per heavy atom. The second-order valence-electron chi connectivity index (χ2n) is 6.17. The van der Waals surface area contributed by atoms with Crippen LogP contribution in [-0.2, 0) is 19.5 Å². The number of primary sulfonamides is 1. The Kier molecular flexibility index (Phi) is 6.19. The minimum atomic E-state index is -3.91. The summed E-state index contributed by atoms with van der Waals surface area (Å²) in [4.78, 5) is 3.93. The number of hydrogen-bond acceptors (Lipinski definition) is 11. The van der Waals surface area contributed by atoms with Crippen LogP contribution in [0.15, 0.2) is 22.5 Å². The molecule has 0 radical (unpaired) electrons. The molecule has 1 aliphatic rings. The largest absolute Gasteiger partial charge is 0.465 e. The molecule has 1 aliphatic heterocycles. The first-order chi connectivity index (χ1) is 13.1. The molecule has 0 saturated carbocycles. The van der Waals surface area contributed by atoms with Crippen molar-refractivity contribution < 1.29 is 43.1 Å². The third kappa shape index (κ3) is 4.42. The van der Waals surface area contributed by atoms with E-state index in [1.54, 1.807) is 18.2 Å². The van der Waals surface area contributed by atoms with Crippen LogP contribution in [0, 0.1) is 0 Å². The van der Waals surface area contributed by atoms with Crippen molar-refractivity contribution in [3.05, 3.63) is 18.2 Å². The van der Waals surface area contributed by atoms with E-state index in [2.05, 4.69) is 4.98 Å². The fourth-order valence-corrected chi connectivity index (χ4v) is 4.35. The van der Waals surface area contributed by atoms with Crippen molar-refractivity contribution in [3.63, 3.8) is 0 Å². The van der Waals surface area contributed by atoms with Gasteiger partial charge in [0.05, 0.1) is 16.8 Å². The van der Waals surface area contributed by atoms with Gasteiger partial charge < -0.3 is 34.6 Å². The van der Waals surface area contributed by atoms with E-state index in [0.29, 0.717) is 16.0 Å². The molecular formula is C15H20N2O9S2. The maximum atomic E-state index is 11.4. The lowest BCUT2D eigenvalue weighted by atomic mass is 9.99. The molecule has 0 bridgehead atoms. The number of aliphatic hydroxyl groups is 4. The summed E-state index contributed by atoms with van der Waals surface area (Å²) in [5.74, 6) is 0.328. The molecule has 0 aliphatic carbocycles. The fourth-order valence-electron chi connectivity index (χ4n) is 2.67. The van der Waals surface area contributed by atoms with Gasteiger partial charge in [-0.15, -0.1) is 11.3 Å². The second kappa shape index (κ2) is 8.14. The summed E-state index contributed by atoms with van der Waals surface area (Å²) < 4.78 is 39.4. The van der Waals surface area contributed by atoms with Gasteiger partial charge in [0.15, 0.2) is 12.6 Å². The first-order valence-electron chi connectivity index (χ1n) is 8.16. The van der Waals surface area contributed by atoms with Crippen LogP contribution in [0.25, 0.3) is 10.2 Å². The molecule has 6 N–H and O–H groups in total. The first kappa shape index (κ1) is 21.3. The van der Waals surface area contributed by atoms with Crippen LogP contribution in [0.1, 0.15) is 6.92 Å². The van der Waals surface area contributed by atoms with Crippen LogP contribution < -0.4 is 9.88 Å². The van der Waals surface area contributed by atoms with E-state index in [0.717, 1.165) is 11.3 Å². The smallest absolute Gasteiger partial charge is 0.265 e. The predicted octanol–water partition coefficient (Wildman–Crippen LogP) is -1.51. The zero-order valence-electron chi connectivity index (χ0n) is 14.6. The van der Waals surface area contributed by atoms with Gasteiger partial charge in [-0.3, -0.25) is 0 Å². The summed E-state index contributed by atoms with van der Waals surface area (Å²) in [6.45, 7) is 0.933. The molecule has 2 heterocycles.